The van der Waals surface area contributed by atoms with Crippen LogP contribution in [0.5, 0.6) is 5.75 Å². The molecule has 2 N–H and O–H groups in total. The molecule has 12 nitrogen and oxygen atoms in total. The van der Waals surface area contributed by atoms with Gasteiger partial charge in [0, 0.05) is 68.6 Å². The van der Waals surface area contributed by atoms with E-state index in [-0.39, 0.29) is 41.3 Å². The Balaban J connectivity index is 0.890. The second kappa shape index (κ2) is 16.6. The largest absolute Gasteiger partial charge is 0.487 e. The summed E-state index contributed by atoms with van der Waals surface area (Å²) < 4.78 is 6.12. The number of piperidine rings is 1. The number of anilines is 2. The Morgan fingerprint density at radius 3 is 2.36 bits per heavy atom. The molecule has 3 heterocycles. The van der Waals surface area contributed by atoms with Gasteiger partial charge in [-0.25, -0.2) is 9.97 Å². The highest BCUT2D eigenvalue weighted by molar-refractivity contribution is 6.06. The van der Waals surface area contributed by atoms with Gasteiger partial charge in [-0.05, 0) is 91.7 Å². The first-order valence-corrected chi connectivity index (χ1v) is 19.5. The van der Waals surface area contributed by atoms with E-state index >= 15 is 0 Å². The maximum absolute atomic E-state index is 13.4. The number of hydrogen-bond donors (Lipinski definition) is 2. The van der Waals surface area contributed by atoms with Gasteiger partial charge >= 0.3 is 0 Å². The minimum Gasteiger partial charge on any atom is -0.487 e. The Hall–Kier alpha value is -5.62. The van der Waals surface area contributed by atoms with E-state index in [1.807, 2.05) is 30.5 Å². The van der Waals surface area contributed by atoms with E-state index in [1.54, 1.807) is 12.1 Å². The zero-order valence-corrected chi connectivity index (χ0v) is 32.7. The number of rotatable bonds is 13. The van der Waals surface area contributed by atoms with Crippen LogP contribution in [0.1, 0.15) is 82.6 Å². The van der Waals surface area contributed by atoms with Gasteiger partial charge in [-0.2, -0.15) is 0 Å². The molecule has 56 heavy (non-hydrogen) atoms. The van der Waals surface area contributed by atoms with Gasteiger partial charge in [-0.1, -0.05) is 50.2 Å². The van der Waals surface area contributed by atoms with Gasteiger partial charge < -0.3 is 24.8 Å². The second-order valence-electron chi connectivity index (χ2n) is 16.0. The first-order valence-electron chi connectivity index (χ1n) is 19.5. The Kier molecular flexibility index (Phi) is 11.5. The van der Waals surface area contributed by atoms with E-state index in [1.165, 1.54) is 28.6 Å². The van der Waals surface area contributed by atoms with Crippen LogP contribution in [0.25, 0.3) is 0 Å². The van der Waals surface area contributed by atoms with Crippen molar-refractivity contribution in [3.63, 3.8) is 0 Å². The second-order valence-corrected chi connectivity index (χ2v) is 16.0. The molecular formula is C44H51N7O5. The number of imide groups is 1. The van der Waals surface area contributed by atoms with Gasteiger partial charge in [0.1, 0.15) is 18.4 Å². The smallest absolute Gasteiger partial charge is 0.255 e. The summed E-state index contributed by atoms with van der Waals surface area (Å²) in [5, 5.41) is 5.82. The van der Waals surface area contributed by atoms with E-state index in [9.17, 15) is 19.2 Å². The van der Waals surface area contributed by atoms with E-state index < -0.39 is 17.9 Å². The fourth-order valence-corrected chi connectivity index (χ4v) is 7.88. The number of carbonyl (C=O) groups is 4. The number of nitrogens with one attached hydrogen (secondary N) is 2. The van der Waals surface area contributed by atoms with E-state index in [4.69, 9.17) is 9.72 Å². The number of aromatic nitrogens is 2. The summed E-state index contributed by atoms with van der Waals surface area (Å²) in [6, 6.07) is 23.8. The van der Waals surface area contributed by atoms with Gasteiger partial charge in [0.05, 0.1) is 11.3 Å². The first kappa shape index (κ1) is 38.6. The summed E-state index contributed by atoms with van der Waals surface area (Å²) in [6.45, 7) is 8.73. The molecule has 0 radical (unpaired) electrons. The van der Waals surface area contributed by atoms with E-state index in [2.05, 4.69) is 82.7 Å². The van der Waals surface area contributed by atoms with E-state index in [0.29, 0.717) is 18.8 Å². The number of nitrogens with zero attached hydrogens (tertiary/aromatic N) is 5. The molecule has 7 rings (SSSR count). The summed E-state index contributed by atoms with van der Waals surface area (Å²) in [5.74, 6) is 0.826. The maximum Gasteiger partial charge on any atom is 0.255 e. The van der Waals surface area contributed by atoms with Crippen LogP contribution in [-0.2, 0) is 28.0 Å². The Bertz CT molecular complexity index is 2050. The summed E-state index contributed by atoms with van der Waals surface area (Å²) in [6.07, 6.45) is 5.85. The lowest BCUT2D eigenvalue weighted by Gasteiger charge is -2.37. The minimum absolute atomic E-state index is 0.165. The van der Waals surface area contributed by atoms with Crippen molar-refractivity contribution in [2.45, 2.75) is 70.1 Å². The van der Waals surface area contributed by atoms with Crippen LogP contribution in [-0.4, -0.2) is 96.1 Å². The highest BCUT2D eigenvalue weighted by atomic mass is 16.5. The fraction of sp³-hybridized carbons (Fsp3) is 0.409. The molecule has 4 aromatic rings. The molecule has 1 atom stereocenters. The predicted octanol–water partition coefficient (Wildman–Crippen LogP) is 5.26. The molecule has 1 unspecified atom stereocenters. The SMILES string of the molecule is CN1CCN(c2nccc(COc3ccc(C(C)(C)c4ccc(CC5CC(Nc6ccc(C=O)c(C(=O)N(C)C7CCC(=O)NC7=O)c6)C5)cc4)cc3)n2)CC1. The maximum atomic E-state index is 13.4. The lowest BCUT2D eigenvalue weighted by Crippen LogP contribution is -2.53. The molecule has 1 saturated carbocycles. The number of aldehydes is 1. The van der Waals surface area contributed by atoms with Gasteiger partial charge in [0.2, 0.25) is 17.8 Å². The lowest BCUT2D eigenvalue weighted by atomic mass is 9.75. The number of ether oxygens (including phenoxy) is 1. The quantitative estimate of drug-likeness (QED) is 0.137. The van der Waals surface area contributed by atoms with Gasteiger partial charge in [-0.15, -0.1) is 0 Å². The van der Waals surface area contributed by atoms with Crippen molar-refractivity contribution < 1.29 is 23.9 Å². The first-order chi connectivity index (χ1) is 27.0. The van der Waals surface area contributed by atoms with Crippen molar-refractivity contribution in [1.29, 1.82) is 0 Å². The van der Waals surface area contributed by atoms with Crippen LogP contribution in [0.3, 0.4) is 0 Å². The Morgan fingerprint density at radius 1 is 0.982 bits per heavy atom. The number of amides is 3. The molecule has 0 bridgehead atoms. The summed E-state index contributed by atoms with van der Waals surface area (Å²) in [4.78, 5) is 64.3. The molecule has 3 amide bonds. The zero-order valence-electron chi connectivity index (χ0n) is 32.7. The third-order valence-corrected chi connectivity index (χ3v) is 11.7. The van der Waals surface area contributed by atoms with Crippen LogP contribution in [0, 0.1) is 5.92 Å². The van der Waals surface area contributed by atoms with Gasteiger partial charge in [0.25, 0.3) is 5.91 Å². The van der Waals surface area contributed by atoms with E-state index in [0.717, 1.165) is 68.5 Å². The highest BCUT2D eigenvalue weighted by Gasteiger charge is 2.34. The molecule has 12 heteroatoms. The van der Waals surface area contributed by atoms with Gasteiger partial charge in [-0.3, -0.25) is 24.5 Å². The number of carbonyl (C=O) groups excluding carboxylic acids is 4. The Labute approximate surface area is 328 Å². The topological polar surface area (TPSA) is 137 Å². The van der Waals surface area contributed by atoms with Crippen molar-refractivity contribution in [1.82, 2.24) is 25.1 Å². The summed E-state index contributed by atoms with van der Waals surface area (Å²) in [7, 11) is 3.67. The van der Waals surface area contributed by atoms with Gasteiger partial charge in [0.15, 0.2) is 6.29 Å². The minimum atomic E-state index is -0.765. The lowest BCUT2D eigenvalue weighted by molar-refractivity contribution is -0.136. The molecule has 2 aliphatic heterocycles. The third kappa shape index (κ3) is 8.75. The summed E-state index contributed by atoms with van der Waals surface area (Å²) in [5.41, 5.74) is 5.67. The molecule has 3 aromatic carbocycles. The molecule has 1 aromatic heterocycles. The number of piperazine rings is 1. The molecule has 292 valence electrons. The molecular weight excluding hydrogens is 707 g/mol. The predicted molar refractivity (Wildman–Crippen MR) is 215 cm³/mol. The average molecular weight is 758 g/mol. The van der Waals surface area contributed by atoms with Crippen molar-refractivity contribution in [3.05, 3.63) is 113 Å². The number of hydrogen-bond acceptors (Lipinski definition) is 10. The highest BCUT2D eigenvalue weighted by Crippen LogP contribution is 2.36. The third-order valence-electron chi connectivity index (χ3n) is 11.7. The van der Waals surface area contributed by atoms with Crippen molar-refractivity contribution in [2.24, 2.45) is 5.92 Å². The van der Waals surface area contributed by atoms with Crippen LogP contribution in [0.4, 0.5) is 11.6 Å². The van der Waals surface area contributed by atoms with Crippen LogP contribution in [0.15, 0.2) is 79.0 Å². The molecule has 0 spiro atoms. The molecule has 3 fully saturated rings. The number of benzene rings is 3. The van der Waals surface area contributed by atoms with Crippen molar-refractivity contribution >= 4 is 35.6 Å². The van der Waals surface area contributed by atoms with Crippen LogP contribution < -0.4 is 20.3 Å². The standard InChI is InChI=1S/C44H51N7O5/c1-44(2,33-10-13-37(14-11-33)56-28-35-17-18-45-43(47-35)51-21-19-49(3)20-22-51)32-8-5-29(6-9-32)23-30-24-36(25-30)46-34-12-7-31(27-52)38(26-34)42(55)50(4)39-15-16-40(53)48-41(39)54/h5-14,17-18,26-27,30,36,39,46H,15-16,19-25,28H2,1-4H3,(H,48,53,54). The summed E-state index contributed by atoms with van der Waals surface area (Å²) >= 11 is 0. The Morgan fingerprint density at radius 2 is 1.68 bits per heavy atom. The van der Waals surface area contributed by atoms with Crippen LogP contribution >= 0.6 is 0 Å². The molecule has 2 saturated heterocycles. The van der Waals surface area contributed by atoms with Crippen molar-refractivity contribution in [3.8, 4) is 5.75 Å². The van der Waals surface area contributed by atoms with Crippen LogP contribution in [0.2, 0.25) is 0 Å². The van der Waals surface area contributed by atoms with Crippen molar-refractivity contribution in [2.75, 3.05) is 50.5 Å². The normalized spacial score (nSPS) is 20.1. The molecule has 1 aliphatic carbocycles. The fourth-order valence-electron chi connectivity index (χ4n) is 7.88. The zero-order chi connectivity index (χ0) is 39.4. The number of likely N-dealkylation sites (N-methyl/N-ethyl adjacent to an activating group) is 2. The average Bonchev–Trinajstić information content (AvgIpc) is 3.19. The monoisotopic (exact) mass is 757 g/mol. The molecule has 3 aliphatic rings.